The van der Waals surface area contributed by atoms with E-state index in [1.165, 1.54) is 11.1 Å². The monoisotopic (exact) mass is 262 g/mol. The number of benzene rings is 1. The van der Waals surface area contributed by atoms with E-state index in [9.17, 15) is 4.79 Å². The van der Waals surface area contributed by atoms with Crippen molar-refractivity contribution in [1.29, 1.82) is 0 Å². The van der Waals surface area contributed by atoms with E-state index in [4.69, 9.17) is 4.74 Å². The highest BCUT2D eigenvalue weighted by atomic mass is 16.5. The summed E-state index contributed by atoms with van der Waals surface area (Å²) in [5.74, 6) is 1.04. The summed E-state index contributed by atoms with van der Waals surface area (Å²) in [6.07, 6.45) is 0.833. The Morgan fingerprint density at radius 2 is 2.26 bits per heavy atom. The number of ether oxygens (including phenoxy) is 1. The lowest BCUT2D eigenvalue weighted by molar-refractivity contribution is -0.129. The van der Waals surface area contributed by atoms with Crippen LogP contribution in [0.1, 0.15) is 24.5 Å². The zero-order valence-corrected chi connectivity index (χ0v) is 11.9. The Kier molecular flexibility index (Phi) is 4.43. The van der Waals surface area contributed by atoms with Gasteiger partial charge in [-0.2, -0.15) is 0 Å². The highest BCUT2D eigenvalue weighted by molar-refractivity contribution is 5.82. The Balaban J connectivity index is 2.22. The number of carbonyl (C=O) groups excluding carboxylic acids is 1. The highest BCUT2D eigenvalue weighted by Crippen LogP contribution is 2.25. The first kappa shape index (κ1) is 13.9. The number of piperazine rings is 1. The van der Waals surface area contributed by atoms with Gasteiger partial charge in [-0.15, -0.1) is 0 Å². The largest absolute Gasteiger partial charge is 0.496 e. The van der Waals surface area contributed by atoms with Crippen LogP contribution >= 0.6 is 0 Å². The van der Waals surface area contributed by atoms with Crippen LogP contribution < -0.4 is 10.1 Å². The van der Waals surface area contributed by atoms with E-state index in [-0.39, 0.29) is 11.9 Å². The molecule has 4 heteroatoms. The highest BCUT2D eigenvalue weighted by Gasteiger charge is 2.28. The van der Waals surface area contributed by atoms with Crippen molar-refractivity contribution >= 4 is 5.91 Å². The Morgan fingerprint density at radius 3 is 2.95 bits per heavy atom. The van der Waals surface area contributed by atoms with Gasteiger partial charge in [0.15, 0.2) is 0 Å². The zero-order chi connectivity index (χ0) is 13.8. The molecule has 4 nitrogen and oxygen atoms in total. The molecule has 1 amide bonds. The molecule has 0 aliphatic carbocycles. The molecule has 0 spiro atoms. The van der Waals surface area contributed by atoms with Crippen LogP contribution in [0.2, 0.25) is 0 Å². The quantitative estimate of drug-likeness (QED) is 0.898. The van der Waals surface area contributed by atoms with Gasteiger partial charge in [0, 0.05) is 25.2 Å². The minimum atomic E-state index is -0.0296. The van der Waals surface area contributed by atoms with Crippen LogP contribution in [0.25, 0.3) is 0 Å². The van der Waals surface area contributed by atoms with Crippen LogP contribution in [-0.2, 0) is 11.3 Å². The lowest BCUT2D eigenvalue weighted by Crippen LogP contribution is -2.54. The van der Waals surface area contributed by atoms with Crippen molar-refractivity contribution < 1.29 is 9.53 Å². The van der Waals surface area contributed by atoms with Crippen LogP contribution in [0.4, 0.5) is 0 Å². The minimum absolute atomic E-state index is 0.0296. The lowest BCUT2D eigenvalue weighted by atomic mass is 10.0. The van der Waals surface area contributed by atoms with Crippen LogP contribution in [0, 0.1) is 6.92 Å². The molecule has 1 unspecified atom stereocenters. The van der Waals surface area contributed by atoms with Gasteiger partial charge in [-0.1, -0.05) is 19.1 Å². The minimum Gasteiger partial charge on any atom is -0.496 e. The fraction of sp³-hybridized carbons (Fsp3) is 0.533. The Bertz CT molecular complexity index is 459. The summed E-state index contributed by atoms with van der Waals surface area (Å²) < 4.78 is 5.44. The molecule has 104 valence electrons. The molecule has 1 fully saturated rings. The van der Waals surface area contributed by atoms with Gasteiger partial charge >= 0.3 is 0 Å². The van der Waals surface area contributed by atoms with Gasteiger partial charge in [0.2, 0.25) is 5.91 Å². The van der Waals surface area contributed by atoms with Crippen molar-refractivity contribution in [2.75, 3.05) is 20.2 Å². The summed E-state index contributed by atoms with van der Waals surface area (Å²) >= 11 is 0. The van der Waals surface area contributed by atoms with Gasteiger partial charge in [-0.05, 0) is 25.0 Å². The van der Waals surface area contributed by atoms with Gasteiger partial charge in [0.05, 0.1) is 13.2 Å². The molecular weight excluding hydrogens is 240 g/mol. The third-order valence-corrected chi connectivity index (χ3v) is 3.78. The third-order valence-electron chi connectivity index (χ3n) is 3.78. The molecule has 19 heavy (non-hydrogen) atoms. The van der Waals surface area contributed by atoms with Crippen molar-refractivity contribution in [2.24, 2.45) is 0 Å². The second kappa shape index (κ2) is 6.06. The van der Waals surface area contributed by atoms with Gasteiger partial charge in [0.1, 0.15) is 5.75 Å². The number of nitrogens with zero attached hydrogens (tertiary/aromatic N) is 1. The standard InChI is InChI=1S/C15H22N2O2/c1-4-13-15(18)16-8-9-17(13)10-12-11(2)6-5-7-14(12)19-3/h5-7,13H,4,8-10H2,1-3H3,(H,16,18). The van der Waals surface area contributed by atoms with E-state index in [1.807, 2.05) is 12.1 Å². The first-order valence-electron chi connectivity index (χ1n) is 6.81. The molecule has 0 bridgehead atoms. The topological polar surface area (TPSA) is 41.6 Å². The van der Waals surface area contributed by atoms with Gasteiger partial charge in [-0.3, -0.25) is 9.69 Å². The van der Waals surface area contributed by atoms with Crippen LogP contribution in [-0.4, -0.2) is 37.0 Å². The number of aryl methyl sites for hydroxylation is 1. The van der Waals surface area contributed by atoms with Crippen molar-refractivity contribution in [3.63, 3.8) is 0 Å². The number of carbonyl (C=O) groups is 1. The Morgan fingerprint density at radius 1 is 1.47 bits per heavy atom. The fourth-order valence-corrected chi connectivity index (χ4v) is 2.67. The van der Waals surface area contributed by atoms with E-state index >= 15 is 0 Å². The predicted molar refractivity (Wildman–Crippen MR) is 75.2 cm³/mol. The van der Waals surface area contributed by atoms with Crippen molar-refractivity contribution in [1.82, 2.24) is 10.2 Å². The van der Waals surface area contributed by atoms with Crippen molar-refractivity contribution in [2.45, 2.75) is 32.9 Å². The average molecular weight is 262 g/mol. The second-order valence-corrected chi connectivity index (χ2v) is 4.94. The van der Waals surface area contributed by atoms with Crippen molar-refractivity contribution in [3.8, 4) is 5.75 Å². The average Bonchev–Trinajstić information content (AvgIpc) is 2.41. The molecule has 1 aromatic rings. The molecule has 1 N–H and O–H groups in total. The predicted octanol–water partition coefficient (Wildman–Crippen LogP) is 1.71. The number of hydrogen-bond donors (Lipinski definition) is 1. The number of amides is 1. The van der Waals surface area contributed by atoms with Crippen LogP contribution in [0.3, 0.4) is 0 Å². The summed E-state index contributed by atoms with van der Waals surface area (Å²) in [6, 6.07) is 6.03. The molecule has 0 saturated carbocycles. The van der Waals surface area contributed by atoms with E-state index in [1.54, 1.807) is 7.11 Å². The van der Waals surface area contributed by atoms with Crippen LogP contribution in [0.5, 0.6) is 5.75 Å². The number of methoxy groups -OCH3 is 1. The molecule has 1 saturated heterocycles. The summed E-state index contributed by atoms with van der Waals surface area (Å²) in [5, 5.41) is 2.93. The summed E-state index contributed by atoms with van der Waals surface area (Å²) in [6.45, 7) is 6.52. The molecule has 0 radical (unpaired) electrons. The maximum Gasteiger partial charge on any atom is 0.237 e. The zero-order valence-electron chi connectivity index (χ0n) is 11.9. The summed E-state index contributed by atoms with van der Waals surface area (Å²) in [4.78, 5) is 14.1. The van der Waals surface area contributed by atoms with Gasteiger partial charge < -0.3 is 10.1 Å². The van der Waals surface area contributed by atoms with E-state index < -0.39 is 0 Å². The molecule has 2 rings (SSSR count). The molecular formula is C15H22N2O2. The number of rotatable bonds is 4. The first-order valence-corrected chi connectivity index (χ1v) is 6.81. The number of hydrogen-bond acceptors (Lipinski definition) is 3. The van der Waals surface area contributed by atoms with E-state index in [0.717, 1.165) is 31.8 Å². The molecule has 1 aromatic carbocycles. The molecule has 1 aliphatic heterocycles. The Labute approximate surface area is 114 Å². The first-order chi connectivity index (χ1) is 9.17. The third kappa shape index (κ3) is 2.89. The molecule has 1 aliphatic rings. The lowest BCUT2D eigenvalue weighted by Gasteiger charge is -2.35. The smallest absolute Gasteiger partial charge is 0.237 e. The SMILES string of the molecule is CCC1C(=O)NCCN1Cc1c(C)cccc1OC. The normalized spacial score (nSPS) is 20.2. The molecule has 1 heterocycles. The molecule has 0 aromatic heterocycles. The van der Waals surface area contributed by atoms with Gasteiger partial charge in [-0.25, -0.2) is 0 Å². The van der Waals surface area contributed by atoms with Gasteiger partial charge in [0.25, 0.3) is 0 Å². The Hall–Kier alpha value is -1.55. The maximum atomic E-state index is 11.9. The number of nitrogens with one attached hydrogen (secondary N) is 1. The van der Waals surface area contributed by atoms with E-state index in [0.29, 0.717) is 0 Å². The molecule has 1 atom stereocenters. The maximum absolute atomic E-state index is 11.9. The van der Waals surface area contributed by atoms with Crippen molar-refractivity contribution in [3.05, 3.63) is 29.3 Å². The summed E-state index contributed by atoms with van der Waals surface area (Å²) in [5.41, 5.74) is 2.39. The fourth-order valence-electron chi connectivity index (χ4n) is 2.67. The second-order valence-electron chi connectivity index (χ2n) is 4.94. The summed E-state index contributed by atoms with van der Waals surface area (Å²) in [7, 11) is 1.69. The van der Waals surface area contributed by atoms with E-state index in [2.05, 4.69) is 30.1 Å². The van der Waals surface area contributed by atoms with Crippen LogP contribution in [0.15, 0.2) is 18.2 Å².